The molecule has 0 spiro atoms. The van der Waals surface area contributed by atoms with Crippen LogP contribution in [0.1, 0.15) is 45.4 Å². The molecule has 1 aliphatic heterocycles. The maximum Gasteiger partial charge on any atom is 0.305 e. The SMILES string of the molecule is CCS(=O)(=O)N1CCCC(C(=O)NC2(CC(=O)O)CCC2)C1. The van der Waals surface area contributed by atoms with Gasteiger partial charge in [-0.2, -0.15) is 0 Å². The summed E-state index contributed by atoms with van der Waals surface area (Å²) in [5.74, 6) is -1.48. The van der Waals surface area contributed by atoms with Crippen LogP contribution in [0.2, 0.25) is 0 Å². The molecule has 2 aliphatic rings. The van der Waals surface area contributed by atoms with E-state index in [0.29, 0.717) is 32.2 Å². The third-order valence-corrected chi connectivity index (χ3v) is 6.55. The summed E-state index contributed by atoms with van der Waals surface area (Å²) in [7, 11) is -3.28. The second kappa shape index (κ2) is 6.54. The fourth-order valence-electron chi connectivity index (χ4n) is 3.19. The van der Waals surface area contributed by atoms with E-state index in [1.54, 1.807) is 6.92 Å². The van der Waals surface area contributed by atoms with Gasteiger partial charge in [0, 0.05) is 13.1 Å². The summed E-state index contributed by atoms with van der Waals surface area (Å²) in [5, 5.41) is 11.9. The Morgan fingerprint density at radius 3 is 2.50 bits per heavy atom. The van der Waals surface area contributed by atoms with Crippen molar-refractivity contribution < 1.29 is 23.1 Å². The summed E-state index contributed by atoms with van der Waals surface area (Å²) < 4.78 is 25.3. The average molecular weight is 332 g/mol. The Morgan fingerprint density at radius 1 is 1.32 bits per heavy atom. The Kier molecular flexibility index (Phi) is 5.11. The molecule has 1 saturated heterocycles. The van der Waals surface area contributed by atoms with Crippen molar-refractivity contribution in [3.05, 3.63) is 0 Å². The fraction of sp³-hybridized carbons (Fsp3) is 0.857. The van der Waals surface area contributed by atoms with E-state index in [-0.39, 0.29) is 30.5 Å². The second-order valence-electron chi connectivity index (χ2n) is 6.29. The maximum absolute atomic E-state index is 12.4. The molecule has 1 saturated carbocycles. The van der Waals surface area contributed by atoms with Crippen LogP contribution in [0.25, 0.3) is 0 Å². The van der Waals surface area contributed by atoms with Crippen LogP contribution in [-0.2, 0) is 19.6 Å². The average Bonchev–Trinajstić information content (AvgIpc) is 2.44. The first-order valence-corrected chi connectivity index (χ1v) is 9.40. The van der Waals surface area contributed by atoms with Crippen molar-refractivity contribution in [3.63, 3.8) is 0 Å². The zero-order valence-corrected chi connectivity index (χ0v) is 13.7. The molecule has 126 valence electrons. The Labute approximate surface area is 131 Å². The predicted octanol–water partition coefficient (Wildman–Crippen LogP) is 0.562. The van der Waals surface area contributed by atoms with Crippen molar-refractivity contribution in [2.75, 3.05) is 18.8 Å². The van der Waals surface area contributed by atoms with E-state index in [2.05, 4.69) is 5.32 Å². The molecule has 1 atom stereocenters. The van der Waals surface area contributed by atoms with E-state index in [1.807, 2.05) is 0 Å². The highest BCUT2D eigenvalue weighted by molar-refractivity contribution is 7.89. The lowest BCUT2D eigenvalue weighted by Gasteiger charge is -2.43. The molecule has 8 heteroatoms. The quantitative estimate of drug-likeness (QED) is 0.740. The van der Waals surface area contributed by atoms with Crippen LogP contribution in [-0.4, -0.2) is 54.1 Å². The number of hydrogen-bond donors (Lipinski definition) is 2. The smallest absolute Gasteiger partial charge is 0.305 e. The minimum atomic E-state index is -3.28. The summed E-state index contributed by atoms with van der Waals surface area (Å²) in [6.45, 7) is 2.25. The number of carbonyl (C=O) groups excluding carboxylic acids is 1. The summed E-state index contributed by atoms with van der Waals surface area (Å²) in [5.41, 5.74) is -0.630. The van der Waals surface area contributed by atoms with E-state index < -0.39 is 21.5 Å². The van der Waals surface area contributed by atoms with Crippen molar-refractivity contribution in [1.29, 1.82) is 0 Å². The third-order valence-electron chi connectivity index (χ3n) is 4.70. The molecule has 1 aliphatic carbocycles. The van der Waals surface area contributed by atoms with Crippen LogP contribution < -0.4 is 5.32 Å². The number of piperidine rings is 1. The normalized spacial score (nSPS) is 25.2. The summed E-state index contributed by atoms with van der Waals surface area (Å²) >= 11 is 0. The van der Waals surface area contributed by atoms with E-state index in [4.69, 9.17) is 5.11 Å². The van der Waals surface area contributed by atoms with Crippen molar-refractivity contribution >= 4 is 21.9 Å². The number of carboxylic acids is 1. The number of nitrogens with one attached hydrogen (secondary N) is 1. The van der Waals surface area contributed by atoms with Crippen molar-refractivity contribution in [3.8, 4) is 0 Å². The Hall–Kier alpha value is -1.15. The lowest BCUT2D eigenvalue weighted by atomic mass is 9.74. The highest BCUT2D eigenvalue weighted by Crippen LogP contribution is 2.35. The highest BCUT2D eigenvalue weighted by atomic mass is 32.2. The summed E-state index contributed by atoms with van der Waals surface area (Å²) in [6, 6.07) is 0. The molecule has 2 N–H and O–H groups in total. The predicted molar refractivity (Wildman–Crippen MR) is 80.7 cm³/mol. The number of sulfonamides is 1. The van der Waals surface area contributed by atoms with Gasteiger partial charge in [0.05, 0.1) is 23.6 Å². The number of nitrogens with zero attached hydrogens (tertiary/aromatic N) is 1. The van der Waals surface area contributed by atoms with Gasteiger partial charge in [0.2, 0.25) is 15.9 Å². The molecule has 0 bridgehead atoms. The molecule has 2 fully saturated rings. The number of aliphatic carboxylic acids is 1. The van der Waals surface area contributed by atoms with Crippen LogP contribution >= 0.6 is 0 Å². The first kappa shape index (κ1) is 17.2. The van der Waals surface area contributed by atoms with Crippen LogP contribution in [0.5, 0.6) is 0 Å². The molecule has 1 heterocycles. The van der Waals surface area contributed by atoms with Crippen molar-refractivity contribution in [1.82, 2.24) is 9.62 Å². The number of carboxylic acid groups (broad SMARTS) is 1. The Balaban J connectivity index is 1.99. The number of carbonyl (C=O) groups is 2. The molecule has 1 unspecified atom stereocenters. The monoisotopic (exact) mass is 332 g/mol. The maximum atomic E-state index is 12.4. The number of rotatable bonds is 6. The molecule has 0 aromatic carbocycles. The first-order valence-electron chi connectivity index (χ1n) is 7.80. The van der Waals surface area contributed by atoms with E-state index >= 15 is 0 Å². The molecular weight excluding hydrogens is 308 g/mol. The zero-order chi connectivity index (χ0) is 16.4. The van der Waals surface area contributed by atoms with Gasteiger partial charge in [-0.25, -0.2) is 12.7 Å². The van der Waals surface area contributed by atoms with Gasteiger partial charge in [0.15, 0.2) is 0 Å². The van der Waals surface area contributed by atoms with Crippen molar-refractivity contribution in [2.24, 2.45) is 5.92 Å². The van der Waals surface area contributed by atoms with Gasteiger partial charge >= 0.3 is 5.97 Å². The van der Waals surface area contributed by atoms with Gasteiger partial charge in [-0.15, -0.1) is 0 Å². The van der Waals surface area contributed by atoms with Gasteiger partial charge in [-0.05, 0) is 39.0 Å². The van der Waals surface area contributed by atoms with Crippen molar-refractivity contribution in [2.45, 2.75) is 51.0 Å². The number of amides is 1. The number of hydrogen-bond acceptors (Lipinski definition) is 4. The van der Waals surface area contributed by atoms with E-state index in [1.165, 1.54) is 4.31 Å². The molecule has 2 rings (SSSR count). The second-order valence-corrected chi connectivity index (χ2v) is 8.55. The molecule has 1 amide bonds. The van der Waals surface area contributed by atoms with Crippen LogP contribution in [0.15, 0.2) is 0 Å². The zero-order valence-electron chi connectivity index (χ0n) is 12.9. The molecular formula is C14H24N2O5S. The summed E-state index contributed by atoms with van der Waals surface area (Å²) in [6.07, 6.45) is 3.49. The van der Waals surface area contributed by atoms with Gasteiger partial charge in [0.1, 0.15) is 0 Å². The third kappa shape index (κ3) is 3.78. The van der Waals surface area contributed by atoms with Gasteiger partial charge in [-0.3, -0.25) is 9.59 Å². The standard InChI is InChI=1S/C14H24N2O5S/c1-2-22(20,21)16-8-3-5-11(10-16)13(19)15-14(6-4-7-14)9-12(17)18/h11H,2-10H2,1H3,(H,15,19)(H,17,18). The van der Waals surface area contributed by atoms with Crippen LogP contribution in [0.4, 0.5) is 0 Å². The largest absolute Gasteiger partial charge is 0.481 e. The van der Waals surface area contributed by atoms with Gasteiger partial charge < -0.3 is 10.4 Å². The minimum Gasteiger partial charge on any atom is -0.481 e. The topological polar surface area (TPSA) is 104 Å². The minimum absolute atomic E-state index is 0.0320. The molecule has 0 aromatic heterocycles. The van der Waals surface area contributed by atoms with E-state index in [9.17, 15) is 18.0 Å². The molecule has 0 aromatic rings. The van der Waals surface area contributed by atoms with E-state index in [0.717, 1.165) is 6.42 Å². The molecule has 7 nitrogen and oxygen atoms in total. The fourth-order valence-corrected chi connectivity index (χ4v) is 4.37. The first-order chi connectivity index (χ1) is 10.3. The van der Waals surface area contributed by atoms with Gasteiger partial charge in [0.25, 0.3) is 0 Å². The summed E-state index contributed by atoms with van der Waals surface area (Å²) in [4.78, 5) is 23.4. The molecule has 0 radical (unpaired) electrons. The van der Waals surface area contributed by atoms with Crippen LogP contribution in [0.3, 0.4) is 0 Å². The molecule has 22 heavy (non-hydrogen) atoms. The van der Waals surface area contributed by atoms with Gasteiger partial charge in [-0.1, -0.05) is 0 Å². The lowest BCUT2D eigenvalue weighted by molar-refractivity contribution is -0.141. The Morgan fingerprint density at radius 2 is 2.00 bits per heavy atom. The Bertz CT molecular complexity index is 541. The highest BCUT2D eigenvalue weighted by Gasteiger charge is 2.42. The van der Waals surface area contributed by atoms with Crippen LogP contribution in [0, 0.1) is 5.92 Å². The lowest BCUT2D eigenvalue weighted by Crippen LogP contribution is -2.57.